The Morgan fingerprint density at radius 2 is 2.03 bits per heavy atom. The number of hydrogen-bond acceptors (Lipinski definition) is 10. The molecule has 3 N–H and O–H groups in total. The molecule has 1 aliphatic heterocycles. The van der Waals surface area contributed by atoms with Gasteiger partial charge in [0.05, 0.1) is 40.3 Å². The van der Waals surface area contributed by atoms with Crippen LogP contribution in [0.25, 0.3) is 15.9 Å². The molecular formula is C25H29N7O4S. The highest BCUT2D eigenvalue weighted by Crippen LogP contribution is 2.33. The van der Waals surface area contributed by atoms with Gasteiger partial charge < -0.3 is 20.2 Å². The van der Waals surface area contributed by atoms with E-state index in [1.54, 1.807) is 23.8 Å². The highest BCUT2D eigenvalue weighted by Gasteiger charge is 2.32. The Bertz CT molecular complexity index is 1560. The third-order valence-corrected chi connectivity index (χ3v) is 8.26. The molecule has 5 rings (SSSR count). The Morgan fingerprint density at radius 1 is 1.24 bits per heavy atom. The van der Waals surface area contributed by atoms with Crippen LogP contribution >= 0.6 is 11.3 Å². The second-order valence-electron chi connectivity index (χ2n) is 9.43. The number of imidazole rings is 1. The lowest BCUT2D eigenvalue weighted by atomic mass is 10.0. The maximum atomic E-state index is 12.7. The Kier molecular flexibility index (Phi) is 6.51. The lowest BCUT2D eigenvalue weighted by molar-refractivity contribution is -0.323. The molecule has 0 spiro atoms. The van der Waals surface area contributed by atoms with Crippen LogP contribution in [0.4, 0.5) is 5.69 Å². The molecule has 0 bridgehead atoms. The van der Waals surface area contributed by atoms with Gasteiger partial charge in [0, 0.05) is 44.8 Å². The second-order valence-corrected chi connectivity index (χ2v) is 10.5. The maximum Gasteiger partial charge on any atom is 0.332 e. The standard InChI is InChI=1S/C25H29N7O4S/c1-4-18-14-30(15(2)16-5-6-19-21(11-16)37-24(28-19)25(34,35)36)9-10-31(18)20-12-22(33)29(3)32-13-17(7-8-26)27-23(20)32/h5-6,11-13,15,18,34-36H,4,7,9-10,14H2,1-3H3. The molecule has 37 heavy (non-hydrogen) atoms. The van der Waals surface area contributed by atoms with Crippen LogP contribution in [0.15, 0.2) is 35.3 Å². The maximum absolute atomic E-state index is 12.7. The number of rotatable bonds is 6. The van der Waals surface area contributed by atoms with Crippen molar-refractivity contribution < 1.29 is 15.3 Å². The number of thiazole rings is 1. The molecule has 4 aromatic rings. The number of aryl methyl sites for hydroxylation is 1. The van der Waals surface area contributed by atoms with E-state index < -0.39 is 5.97 Å². The first-order valence-electron chi connectivity index (χ1n) is 12.1. The first-order valence-corrected chi connectivity index (χ1v) is 13.0. The smallest absolute Gasteiger partial charge is 0.332 e. The molecular weight excluding hydrogens is 494 g/mol. The summed E-state index contributed by atoms with van der Waals surface area (Å²) in [7, 11) is 1.69. The van der Waals surface area contributed by atoms with Gasteiger partial charge in [-0.15, -0.1) is 11.3 Å². The van der Waals surface area contributed by atoms with Gasteiger partial charge in [-0.3, -0.25) is 9.69 Å². The molecule has 1 aliphatic rings. The molecule has 0 saturated carbocycles. The number of fused-ring (bicyclic) bond motifs is 2. The molecule has 4 heterocycles. The van der Waals surface area contributed by atoms with Crippen molar-refractivity contribution in [2.24, 2.45) is 7.05 Å². The SMILES string of the molecule is CCC1CN(C(C)c2ccc3nc(C(O)(O)O)sc3c2)CCN1c1cc(=O)n(C)n2cc(CC#N)nc12. The van der Waals surface area contributed by atoms with E-state index in [9.17, 15) is 20.1 Å². The average Bonchev–Trinajstić information content (AvgIpc) is 3.50. The number of benzene rings is 1. The molecule has 0 aliphatic carbocycles. The first-order chi connectivity index (χ1) is 17.6. The molecule has 11 nitrogen and oxygen atoms in total. The van der Waals surface area contributed by atoms with E-state index in [1.165, 1.54) is 4.68 Å². The largest absolute Gasteiger partial charge is 0.363 e. The molecule has 1 saturated heterocycles. The van der Waals surface area contributed by atoms with Crippen molar-refractivity contribution in [3.05, 3.63) is 57.1 Å². The fraction of sp³-hybridized carbons (Fsp3) is 0.440. The fourth-order valence-electron chi connectivity index (χ4n) is 5.03. The zero-order valence-corrected chi connectivity index (χ0v) is 21.7. The van der Waals surface area contributed by atoms with Crippen LogP contribution in [0.1, 0.15) is 42.6 Å². The topological polar surface area (TPSA) is 143 Å². The van der Waals surface area contributed by atoms with Gasteiger partial charge in [-0.1, -0.05) is 13.0 Å². The van der Waals surface area contributed by atoms with Gasteiger partial charge in [0.2, 0.25) is 0 Å². The number of nitriles is 1. The molecule has 2 atom stereocenters. The van der Waals surface area contributed by atoms with Crippen LogP contribution in [0.2, 0.25) is 0 Å². The summed E-state index contributed by atoms with van der Waals surface area (Å²) in [6.07, 6.45) is 2.80. The monoisotopic (exact) mass is 523 g/mol. The second kappa shape index (κ2) is 9.51. The van der Waals surface area contributed by atoms with Gasteiger partial charge in [0.15, 0.2) is 10.7 Å². The highest BCUT2D eigenvalue weighted by molar-refractivity contribution is 7.18. The zero-order chi connectivity index (χ0) is 26.5. The normalized spacial score (nSPS) is 18.0. The van der Waals surface area contributed by atoms with Crippen LogP contribution in [0, 0.1) is 11.3 Å². The number of hydrogen-bond donors (Lipinski definition) is 3. The number of anilines is 1. The van der Waals surface area contributed by atoms with E-state index in [-0.39, 0.29) is 29.1 Å². The summed E-state index contributed by atoms with van der Waals surface area (Å²) in [6, 6.07) is 9.79. The summed E-state index contributed by atoms with van der Waals surface area (Å²) < 4.78 is 3.99. The van der Waals surface area contributed by atoms with Crippen LogP contribution in [0.3, 0.4) is 0 Å². The van der Waals surface area contributed by atoms with Gasteiger partial charge in [-0.25, -0.2) is 19.2 Å². The lowest BCUT2D eigenvalue weighted by Gasteiger charge is -2.44. The molecule has 3 aromatic heterocycles. The van der Waals surface area contributed by atoms with Gasteiger partial charge in [0.25, 0.3) is 5.56 Å². The molecule has 0 amide bonds. The van der Waals surface area contributed by atoms with E-state index in [0.29, 0.717) is 23.4 Å². The van der Waals surface area contributed by atoms with E-state index in [4.69, 9.17) is 5.26 Å². The van der Waals surface area contributed by atoms with Crippen LogP contribution in [-0.4, -0.2) is 65.1 Å². The van der Waals surface area contributed by atoms with E-state index in [1.807, 2.05) is 18.2 Å². The van der Waals surface area contributed by atoms with Gasteiger partial charge in [0.1, 0.15) is 0 Å². The molecule has 194 valence electrons. The predicted molar refractivity (Wildman–Crippen MR) is 139 cm³/mol. The van der Waals surface area contributed by atoms with Gasteiger partial charge >= 0.3 is 5.97 Å². The summed E-state index contributed by atoms with van der Waals surface area (Å²) in [6.45, 7) is 6.53. The molecule has 2 unspecified atom stereocenters. The van der Waals surface area contributed by atoms with Gasteiger partial charge in [-0.05, 0) is 31.0 Å². The summed E-state index contributed by atoms with van der Waals surface area (Å²) in [5.41, 5.74) is 3.61. The van der Waals surface area contributed by atoms with Crippen LogP contribution in [-0.2, 0) is 19.4 Å². The molecule has 0 radical (unpaired) electrons. The zero-order valence-electron chi connectivity index (χ0n) is 20.9. The average molecular weight is 524 g/mol. The Balaban J connectivity index is 1.42. The molecule has 12 heteroatoms. The van der Waals surface area contributed by atoms with Crippen molar-refractivity contribution in [1.82, 2.24) is 24.1 Å². The first kappa shape index (κ1) is 25.3. The number of aromatic nitrogens is 4. The molecule has 1 fully saturated rings. The number of piperazine rings is 1. The minimum atomic E-state index is -2.95. The van der Waals surface area contributed by atoms with Crippen molar-refractivity contribution in [2.75, 3.05) is 24.5 Å². The summed E-state index contributed by atoms with van der Waals surface area (Å²) in [5, 5.41) is 37.4. The third-order valence-electron chi connectivity index (χ3n) is 7.15. The minimum Gasteiger partial charge on any atom is -0.363 e. The summed E-state index contributed by atoms with van der Waals surface area (Å²) in [5.74, 6) is -2.95. The van der Waals surface area contributed by atoms with Crippen molar-refractivity contribution >= 4 is 32.9 Å². The van der Waals surface area contributed by atoms with Crippen molar-refractivity contribution in [2.45, 2.75) is 44.7 Å². The van der Waals surface area contributed by atoms with Crippen molar-refractivity contribution in [3.8, 4) is 6.07 Å². The summed E-state index contributed by atoms with van der Waals surface area (Å²) >= 11 is 1.05. The predicted octanol–water partition coefficient (Wildman–Crippen LogP) is 1.46. The minimum absolute atomic E-state index is 0.0885. The fourth-order valence-corrected chi connectivity index (χ4v) is 5.94. The van der Waals surface area contributed by atoms with Crippen molar-refractivity contribution in [3.63, 3.8) is 0 Å². The van der Waals surface area contributed by atoms with Crippen LogP contribution in [0.5, 0.6) is 0 Å². The Hall–Kier alpha value is -3.34. The number of aliphatic hydroxyl groups is 3. The lowest BCUT2D eigenvalue weighted by Crippen LogP contribution is -2.54. The van der Waals surface area contributed by atoms with E-state index in [0.717, 1.165) is 46.8 Å². The van der Waals surface area contributed by atoms with E-state index >= 15 is 0 Å². The Labute approximate surface area is 217 Å². The van der Waals surface area contributed by atoms with Crippen LogP contribution < -0.4 is 10.5 Å². The van der Waals surface area contributed by atoms with Crippen molar-refractivity contribution in [1.29, 1.82) is 5.26 Å². The van der Waals surface area contributed by atoms with Gasteiger partial charge in [-0.2, -0.15) is 5.26 Å². The third kappa shape index (κ3) is 4.60. The highest BCUT2D eigenvalue weighted by atomic mass is 32.1. The summed E-state index contributed by atoms with van der Waals surface area (Å²) in [4.78, 5) is 26.2. The Morgan fingerprint density at radius 3 is 2.73 bits per heavy atom. The number of nitrogens with zero attached hydrogens (tertiary/aromatic N) is 7. The van der Waals surface area contributed by atoms with E-state index in [2.05, 4.69) is 39.7 Å². The molecule has 1 aromatic carbocycles. The quantitative estimate of drug-likeness (QED) is 0.320.